The first kappa shape index (κ1) is 17.6. The average Bonchev–Trinajstić information content (AvgIpc) is 2.46. The van der Waals surface area contributed by atoms with Crippen LogP contribution in [0.4, 0.5) is 10.5 Å². The van der Waals surface area contributed by atoms with Crippen LogP contribution in [-0.4, -0.2) is 48.8 Å². The van der Waals surface area contributed by atoms with Crippen molar-refractivity contribution >= 4 is 11.8 Å². The molecule has 2 N–H and O–H groups in total. The maximum Gasteiger partial charge on any atom is 0.410 e. The number of benzene rings is 1. The Morgan fingerprint density at radius 2 is 1.91 bits per heavy atom. The van der Waals surface area contributed by atoms with Crippen LogP contribution in [-0.2, 0) is 11.2 Å². The SMILES string of the molecule is C[C@H]1CN(c2ccc(CCN)cc2)CCN1C(=O)OC(C)(C)C. The molecule has 1 aromatic rings. The summed E-state index contributed by atoms with van der Waals surface area (Å²) in [7, 11) is 0. The summed E-state index contributed by atoms with van der Waals surface area (Å²) >= 11 is 0. The lowest BCUT2D eigenvalue weighted by atomic mass is 10.1. The topological polar surface area (TPSA) is 58.8 Å². The van der Waals surface area contributed by atoms with Crippen LogP contribution in [0.25, 0.3) is 0 Å². The highest BCUT2D eigenvalue weighted by molar-refractivity contribution is 5.69. The van der Waals surface area contributed by atoms with Gasteiger partial charge in [-0.15, -0.1) is 0 Å². The summed E-state index contributed by atoms with van der Waals surface area (Å²) in [4.78, 5) is 16.4. The van der Waals surface area contributed by atoms with E-state index in [1.165, 1.54) is 11.3 Å². The molecular weight excluding hydrogens is 290 g/mol. The van der Waals surface area contributed by atoms with Crippen LogP contribution in [0, 0.1) is 0 Å². The van der Waals surface area contributed by atoms with Gasteiger partial charge in [0.15, 0.2) is 0 Å². The molecule has 128 valence electrons. The van der Waals surface area contributed by atoms with Gasteiger partial charge in [-0.1, -0.05) is 12.1 Å². The predicted molar refractivity (Wildman–Crippen MR) is 93.8 cm³/mol. The summed E-state index contributed by atoms with van der Waals surface area (Å²) in [5.74, 6) is 0. The van der Waals surface area contributed by atoms with Crippen molar-refractivity contribution < 1.29 is 9.53 Å². The second-order valence-electron chi connectivity index (χ2n) is 7.17. The highest BCUT2D eigenvalue weighted by Gasteiger charge is 2.30. The number of anilines is 1. The fourth-order valence-corrected chi connectivity index (χ4v) is 2.82. The van der Waals surface area contributed by atoms with E-state index in [4.69, 9.17) is 10.5 Å². The zero-order chi connectivity index (χ0) is 17.0. The monoisotopic (exact) mass is 319 g/mol. The number of ether oxygens (including phenoxy) is 1. The quantitative estimate of drug-likeness (QED) is 0.930. The van der Waals surface area contributed by atoms with Gasteiger partial charge in [-0.2, -0.15) is 0 Å². The fourth-order valence-electron chi connectivity index (χ4n) is 2.82. The predicted octanol–water partition coefficient (Wildman–Crippen LogP) is 2.63. The van der Waals surface area contributed by atoms with Crippen molar-refractivity contribution in [2.24, 2.45) is 5.73 Å². The van der Waals surface area contributed by atoms with Crippen LogP contribution in [0.3, 0.4) is 0 Å². The molecule has 0 aliphatic carbocycles. The Balaban J connectivity index is 1.96. The van der Waals surface area contributed by atoms with E-state index in [0.29, 0.717) is 13.1 Å². The molecule has 0 radical (unpaired) electrons. The molecule has 0 unspecified atom stereocenters. The van der Waals surface area contributed by atoms with E-state index in [0.717, 1.165) is 19.5 Å². The number of hydrogen-bond acceptors (Lipinski definition) is 4. The zero-order valence-corrected chi connectivity index (χ0v) is 14.7. The first-order chi connectivity index (χ1) is 10.8. The first-order valence-electron chi connectivity index (χ1n) is 8.34. The second-order valence-corrected chi connectivity index (χ2v) is 7.17. The molecule has 0 spiro atoms. The van der Waals surface area contributed by atoms with Crippen LogP contribution in [0.2, 0.25) is 0 Å². The molecule has 23 heavy (non-hydrogen) atoms. The van der Waals surface area contributed by atoms with Gasteiger partial charge in [0.1, 0.15) is 5.60 Å². The van der Waals surface area contributed by atoms with Crippen molar-refractivity contribution in [3.63, 3.8) is 0 Å². The van der Waals surface area contributed by atoms with E-state index >= 15 is 0 Å². The van der Waals surface area contributed by atoms with Gasteiger partial charge in [0, 0.05) is 31.4 Å². The van der Waals surface area contributed by atoms with E-state index in [1.54, 1.807) is 0 Å². The van der Waals surface area contributed by atoms with Crippen LogP contribution in [0.15, 0.2) is 24.3 Å². The number of hydrogen-bond donors (Lipinski definition) is 1. The summed E-state index contributed by atoms with van der Waals surface area (Å²) < 4.78 is 5.49. The van der Waals surface area contributed by atoms with Crippen molar-refractivity contribution in [3.8, 4) is 0 Å². The van der Waals surface area contributed by atoms with Crippen molar-refractivity contribution in [1.82, 2.24) is 4.90 Å². The number of rotatable bonds is 3. The minimum atomic E-state index is -0.452. The van der Waals surface area contributed by atoms with E-state index in [1.807, 2.05) is 25.7 Å². The number of carbonyl (C=O) groups excluding carboxylic acids is 1. The largest absolute Gasteiger partial charge is 0.444 e. The van der Waals surface area contributed by atoms with Crippen molar-refractivity contribution in [3.05, 3.63) is 29.8 Å². The Hall–Kier alpha value is -1.75. The molecule has 5 nitrogen and oxygen atoms in total. The van der Waals surface area contributed by atoms with Crippen LogP contribution in [0.5, 0.6) is 0 Å². The molecule has 0 bridgehead atoms. The van der Waals surface area contributed by atoms with Gasteiger partial charge in [0.05, 0.1) is 0 Å². The third-order valence-electron chi connectivity index (χ3n) is 3.99. The lowest BCUT2D eigenvalue weighted by Crippen LogP contribution is -2.55. The standard InChI is InChI=1S/C18H29N3O2/c1-14-13-20(16-7-5-15(6-8-16)9-10-19)11-12-21(14)17(22)23-18(2,3)4/h5-8,14H,9-13,19H2,1-4H3/t14-/m0/s1. The number of nitrogens with two attached hydrogens (primary N) is 1. The Morgan fingerprint density at radius 1 is 1.26 bits per heavy atom. The zero-order valence-electron chi connectivity index (χ0n) is 14.7. The summed E-state index contributed by atoms with van der Waals surface area (Å²) in [5.41, 5.74) is 7.59. The maximum absolute atomic E-state index is 12.3. The lowest BCUT2D eigenvalue weighted by molar-refractivity contribution is 0.0159. The van der Waals surface area contributed by atoms with Crippen LogP contribution in [0.1, 0.15) is 33.3 Å². The second kappa shape index (κ2) is 7.21. The third-order valence-corrected chi connectivity index (χ3v) is 3.99. The van der Waals surface area contributed by atoms with Gasteiger partial charge >= 0.3 is 6.09 Å². The number of nitrogens with zero attached hydrogens (tertiary/aromatic N) is 2. The van der Waals surface area contributed by atoms with Gasteiger partial charge in [0.2, 0.25) is 0 Å². The molecule has 5 heteroatoms. The van der Waals surface area contributed by atoms with Crippen LogP contribution >= 0.6 is 0 Å². The van der Waals surface area contributed by atoms with E-state index in [-0.39, 0.29) is 12.1 Å². The molecule has 1 aromatic carbocycles. The van der Waals surface area contributed by atoms with Crippen molar-refractivity contribution in [1.29, 1.82) is 0 Å². The first-order valence-corrected chi connectivity index (χ1v) is 8.34. The molecule has 1 aliphatic rings. The van der Waals surface area contributed by atoms with E-state index in [2.05, 4.69) is 36.1 Å². The highest BCUT2D eigenvalue weighted by Crippen LogP contribution is 2.21. The molecule has 1 amide bonds. The smallest absolute Gasteiger partial charge is 0.410 e. The molecule has 1 fully saturated rings. The highest BCUT2D eigenvalue weighted by atomic mass is 16.6. The fraction of sp³-hybridized carbons (Fsp3) is 0.611. The Labute approximate surface area is 139 Å². The van der Waals surface area contributed by atoms with Gasteiger partial charge in [-0.3, -0.25) is 0 Å². The Bertz CT molecular complexity index is 522. The maximum atomic E-state index is 12.3. The lowest BCUT2D eigenvalue weighted by Gasteiger charge is -2.41. The summed E-state index contributed by atoms with van der Waals surface area (Å²) in [6.45, 7) is 10.7. The van der Waals surface area contributed by atoms with Gasteiger partial charge in [-0.05, 0) is 58.4 Å². The van der Waals surface area contributed by atoms with Gasteiger partial charge in [-0.25, -0.2) is 4.79 Å². The summed E-state index contributed by atoms with van der Waals surface area (Å²) in [5, 5.41) is 0. The van der Waals surface area contributed by atoms with E-state index < -0.39 is 5.60 Å². The Morgan fingerprint density at radius 3 is 2.43 bits per heavy atom. The van der Waals surface area contributed by atoms with Crippen molar-refractivity contribution in [2.75, 3.05) is 31.1 Å². The summed E-state index contributed by atoms with van der Waals surface area (Å²) in [6, 6.07) is 8.67. The third kappa shape index (κ3) is 4.86. The molecule has 2 rings (SSSR count). The van der Waals surface area contributed by atoms with Gasteiger partial charge < -0.3 is 20.3 Å². The molecule has 0 saturated carbocycles. The molecule has 0 aromatic heterocycles. The summed E-state index contributed by atoms with van der Waals surface area (Å²) in [6.07, 6.45) is 0.686. The minimum Gasteiger partial charge on any atom is -0.444 e. The van der Waals surface area contributed by atoms with Crippen molar-refractivity contribution in [2.45, 2.75) is 45.8 Å². The molecule has 1 saturated heterocycles. The molecule has 1 heterocycles. The molecule has 1 atom stereocenters. The van der Waals surface area contributed by atoms with Crippen LogP contribution < -0.4 is 10.6 Å². The average molecular weight is 319 g/mol. The number of amides is 1. The minimum absolute atomic E-state index is 0.127. The van der Waals surface area contributed by atoms with E-state index in [9.17, 15) is 4.79 Å². The Kier molecular flexibility index (Phi) is 5.52. The number of piperazine rings is 1. The normalized spacial score (nSPS) is 18.9. The molecule has 1 aliphatic heterocycles. The number of carbonyl (C=O) groups is 1. The van der Waals surface area contributed by atoms with Gasteiger partial charge in [0.25, 0.3) is 0 Å². The molecular formula is C18H29N3O2.